The molecule has 2 heterocycles. The molecule has 1 unspecified atom stereocenters. The molecular weight excluding hydrogens is 577 g/mol. The zero-order valence-electron chi connectivity index (χ0n) is 27.4. The summed E-state index contributed by atoms with van der Waals surface area (Å²) < 4.78 is 2.32. The molecule has 0 fully saturated rings. The van der Waals surface area contributed by atoms with E-state index < -0.39 is 8.80 Å². The first-order valence-electron chi connectivity index (χ1n) is 16.4. The number of rotatable bonds is 8. The van der Waals surface area contributed by atoms with Gasteiger partial charge in [0.1, 0.15) is 14.6 Å². The highest BCUT2D eigenvalue weighted by Crippen LogP contribution is 2.39. The summed E-state index contributed by atoms with van der Waals surface area (Å²) in [7, 11) is 0.337. The first-order valence-corrected chi connectivity index (χ1v) is 18.1. The van der Waals surface area contributed by atoms with Crippen LogP contribution in [0.2, 0.25) is 0 Å². The van der Waals surface area contributed by atoms with Gasteiger partial charge in [0.25, 0.3) is 0 Å². The summed E-state index contributed by atoms with van der Waals surface area (Å²) in [6.45, 7) is 9.97. The Morgan fingerprint density at radius 2 is 1.24 bits per heavy atom. The summed E-state index contributed by atoms with van der Waals surface area (Å²) >= 11 is 0. The van der Waals surface area contributed by atoms with Crippen molar-refractivity contribution in [2.45, 2.75) is 39.5 Å². The van der Waals surface area contributed by atoms with Crippen LogP contribution in [0.1, 0.15) is 50.7 Å². The molecule has 5 heteroatoms. The molecule has 1 aliphatic heterocycles. The molecule has 230 valence electrons. The summed E-state index contributed by atoms with van der Waals surface area (Å²) in [6, 6.07) is 45.0. The largest absolute Gasteiger partial charge is 0.355 e. The number of para-hydroxylation sites is 3. The van der Waals surface area contributed by atoms with Crippen LogP contribution in [0.15, 0.2) is 134 Å². The Hall–Kier alpha value is -4.87. The van der Waals surface area contributed by atoms with Crippen molar-refractivity contribution >= 4 is 41.4 Å². The maximum absolute atomic E-state index is 4.97. The predicted molar refractivity (Wildman–Crippen MR) is 198 cm³/mol. The maximum Gasteiger partial charge on any atom is 0.144 e. The monoisotopic (exact) mass is 618 g/mol. The molecule has 0 N–H and O–H groups in total. The summed E-state index contributed by atoms with van der Waals surface area (Å²) in [4.78, 5) is 9.72. The molecule has 1 aromatic heterocycles. The Balaban J connectivity index is 1.34. The molecule has 0 saturated heterocycles. The molecule has 1 atom stereocenters. The van der Waals surface area contributed by atoms with E-state index in [0.29, 0.717) is 11.8 Å². The fourth-order valence-electron chi connectivity index (χ4n) is 7.04. The maximum atomic E-state index is 4.97. The van der Waals surface area contributed by atoms with Gasteiger partial charge in [0.2, 0.25) is 0 Å². The summed E-state index contributed by atoms with van der Waals surface area (Å²) in [5.41, 5.74) is 8.89. The van der Waals surface area contributed by atoms with Crippen LogP contribution in [-0.4, -0.2) is 32.1 Å². The van der Waals surface area contributed by atoms with Crippen LogP contribution in [0.3, 0.4) is 0 Å². The van der Waals surface area contributed by atoms with E-state index in [1.54, 1.807) is 0 Å². The Morgan fingerprint density at radius 3 is 1.96 bits per heavy atom. The number of aromatic nitrogens is 2. The van der Waals surface area contributed by atoms with Crippen molar-refractivity contribution in [2.24, 2.45) is 0 Å². The molecule has 7 rings (SSSR count). The van der Waals surface area contributed by atoms with E-state index in [4.69, 9.17) is 4.98 Å². The lowest BCUT2D eigenvalue weighted by Gasteiger charge is -2.24. The van der Waals surface area contributed by atoms with Crippen molar-refractivity contribution in [3.05, 3.63) is 145 Å². The molecule has 0 amide bonds. The molecule has 6 aromatic rings. The standard InChI is InChI=1S/C41H42N4Si/c1-29(2)36-20-13-21-37(30(3)4)40(36)44-25-24-42-41(44)31-14-11-18-34(26-31)46(33-16-7-6-8-17-33)35-19-12-15-32(27-35)45-28-43(5)38-22-9-10-23-39(38)45/h6-27,29-30,46H,28H2,1-5H3. The number of hydrogen-bond acceptors (Lipinski definition) is 3. The number of fused-ring (bicyclic) bond motifs is 1. The van der Waals surface area contributed by atoms with E-state index in [9.17, 15) is 0 Å². The predicted octanol–water partition coefficient (Wildman–Crippen LogP) is 7.58. The third kappa shape index (κ3) is 5.45. The van der Waals surface area contributed by atoms with Gasteiger partial charge in [-0.05, 0) is 47.2 Å². The van der Waals surface area contributed by atoms with Crippen molar-refractivity contribution in [1.29, 1.82) is 0 Å². The number of nitrogens with zero attached hydrogens (tertiary/aromatic N) is 4. The van der Waals surface area contributed by atoms with Gasteiger partial charge in [0.05, 0.1) is 23.7 Å². The molecule has 0 saturated carbocycles. The smallest absolute Gasteiger partial charge is 0.144 e. The Kier molecular flexibility index (Phi) is 8.10. The van der Waals surface area contributed by atoms with Crippen molar-refractivity contribution in [2.75, 3.05) is 23.5 Å². The van der Waals surface area contributed by atoms with Gasteiger partial charge in [-0.1, -0.05) is 140 Å². The van der Waals surface area contributed by atoms with Gasteiger partial charge in [-0.15, -0.1) is 0 Å². The first-order chi connectivity index (χ1) is 22.4. The Labute approximate surface area is 275 Å². The van der Waals surface area contributed by atoms with Crippen molar-refractivity contribution in [1.82, 2.24) is 9.55 Å². The highest BCUT2D eigenvalue weighted by Gasteiger charge is 2.26. The molecule has 0 aliphatic carbocycles. The van der Waals surface area contributed by atoms with Crippen LogP contribution in [0.25, 0.3) is 17.1 Å². The number of imidazole rings is 1. The van der Waals surface area contributed by atoms with Crippen LogP contribution in [0, 0.1) is 0 Å². The molecule has 5 aromatic carbocycles. The minimum absolute atomic E-state index is 0.403. The van der Waals surface area contributed by atoms with E-state index in [-0.39, 0.29) is 0 Å². The minimum atomic E-state index is -1.83. The second-order valence-electron chi connectivity index (χ2n) is 13.0. The summed E-state index contributed by atoms with van der Waals surface area (Å²) in [5, 5.41) is 4.20. The average Bonchev–Trinajstić information content (AvgIpc) is 3.70. The third-order valence-electron chi connectivity index (χ3n) is 9.29. The Morgan fingerprint density at radius 1 is 0.630 bits per heavy atom. The molecule has 0 bridgehead atoms. The second kappa shape index (κ2) is 12.5. The lowest BCUT2D eigenvalue weighted by atomic mass is 9.92. The molecule has 1 aliphatic rings. The summed E-state index contributed by atoms with van der Waals surface area (Å²) in [5.74, 6) is 1.79. The lowest BCUT2D eigenvalue weighted by molar-refractivity contribution is 0.807. The SMILES string of the molecule is CC(C)c1cccc(C(C)C)c1-n1ccnc1-c1cccc([SiH](c2ccccc2)c2cccc(N3CN(C)c4ccccc43)c2)c1. The van der Waals surface area contributed by atoms with Gasteiger partial charge >= 0.3 is 0 Å². The van der Waals surface area contributed by atoms with E-state index in [2.05, 4.69) is 177 Å². The van der Waals surface area contributed by atoms with Gasteiger partial charge in [0.15, 0.2) is 0 Å². The van der Waals surface area contributed by atoms with Gasteiger partial charge in [-0.3, -0.25) is 4.57 Å². The molecule has 46 heavy (non-hydrogen) atoms. The number of benzene rings is 5. The zero-order chi connectivity index (χ0) is 31.8. The van der Waals surface area contributed by atoms with Gasteiger partial charge in [-0.25, -0.2) is 4.98 Å². The first kappa shape index (κ1) is 29.8. The van der Waals surface area contributed by atoms with Gasteiger partial charge in [0, 0.05) is 30.7 Å². The molecule has 4 nitrogen and oxygen atoms in total. The molecule has 0 radical (unpaired) electrons. The topological polar surface area (TPSA) is 24.3 Å². The second-order valence-corrected chi connectivity index (χ2v) is 15.9. The number of hydrogen-bond donors (Lipinski definition) is 0. The van der Waals surface area contributed by atoms with Crippen LogP contribution < -0.4 is 25.4 Å². The van der Waals surface area contributed by atoms with Gasteiger partial charge < -0.3 is 9.80 Å². The minimum Gasteiger partial charge on any atom is -0.355 e. The highest BCUT2D eigenvalue weighted by atomic mass is 28.3. The number of anilines is 3. The molecule has 0 spiro atoms. The summed E-state index contributed by atoms with van der Waals surface area (Å²) in [6.07, 6.45) is 4.08. The van der Waals surface area contributed by atoms with Gasteiger partial charge in [-0.2, -0.15) is 0 Å². The van der Waals surface area contributed by atoms with Crippen LogP contribution in [0.4, 0.5) is 17.1 Å². The average molecular weight is 619 g/mol. The van der Waals surface area contributed by atoms with Crippen LogP contribution >= 0.6 is 0 Å². The van der Waals surface area contributed by atoms with Crippen molar-refractivity contribution in [3.63, 3.8) is 0 Å². The van der Waals surface area contributed by atoms with Crippen LogP contribution in [-0.2, 0) is 0 Å². The van der Waals surface area contributed by atoms with E-state index in [1.165, 1.54) is 49.4 Å². The quantitative estimate of drug-likeness (QED) is 0.130. The van der Waals surface area contributed by atoms with Crippen LogP contribution in [0.5, 0.6) is 0 Å². The van der Waals surface area contributed by atoms with E-state index >= 15 is 0 Å². The Bertz CT molecular complexity index is 1950. The van der Waals surface area contributed by atoms with Crippen molar-refractivity contribution in [3.8, 4) is 17.1 Å². The van der Waals surface area contributed by atoms with E-state index in [1.807, 2.05) is 6.20 Å². The fraction of sp³-hybridized carbons (Fsp3) is 0.195. The fourth-order valence-corrected chi connectivity index (χ4v) is 10.1. The lowest BCUT2D eigenvalue weighted by Crippen LogP contribution is -2.52. The third-order valence-corrected chi connectivity index (χ3v) is 12.4. The van der Waals surface area contributed by atoms with Crippen molar-refractivity contribution < 1.29 is 0 Å². The highest BCUT2D eigenvalue weighted by molar-refractivity contribution is 6.95. The molecular formula is C41H42N4Si. The zero-order valence-corrected chi connectivity index (χ0v) is 28.6. The normalized spacial score (nSPS) is 13.5. The van der Waals surface area contributed by atoms with E-state index in [0.717, 1.165) is 18.1 Å².